The number of hydrogen-bond acceptors (Lipinski definition) is 5. The van der Waals surface area contributed by atoms with Gasteiger partial charge in [-0.2, -0.15) is 0 Å². The van der Waals surface area contributed by atoms with Crippen LogP contribution in [-0.2, 0) is 16.1 Å². The Morgan fingerprint density at radius 1 is 1.25 bits per heavy atom. The smallest absolute Gasteiger partial charge is 0.325 e. The molecule has 2 heterocycles. The zero-order valence-electron chi connectivity index (χ0n) is 14.0. The number of fused-ring (bicyclic) bond motifs is 1. The number of aryl methyl sites for hydroxylation is 3. The first kappa shape index (κ1) is 16.4. The lowest BCUT2D eigenvalue weighted by atomic mass is 9.99. The standard InChI is InChI=1S/C18H18N2O3S/c1-10-5-6-13(7-11(10)2)15-12(3)24-17-16(15)18(22)20(9-19-17)8-14(21)23-4/h5-7,9H,8H2,1-4H3. The SMILES string of the molecule is COC(=O)Cn1cnc2sc(C)c(-c3ccc(C)c(C)c3)c2c1=O. The van der Waals surface area contributed by atoms with Crippen molar-refractivity contribution >= 4 is 27.5 Å². The van der Waals surface area contributed by atoms with E-state index in [9.17, 15) is 9.59 Å². The lowest BCUT2D eigenvalue weighted by molar-refractivity contribution is -0.141. The van der Waals surface area contributed by atoms with Gasteiger partial charge in [-0.1, -0.05) is 18.2 Å². The Kier molecular flexibility index (Phi) is 4.24. The van der Waals surface area contributed by atoms with Gasteiger partial charge in [0.15, 0.2) is 0 Å². The Morgan fingerprint density at radius 2 is 2.00 bits per heavy atom. The van der Waals surface area contributed by atoms with E-state index in [1.165, 1.54) is 40.5 Å². The van der Waals surface area contributed by atoms with Crippen LogP contribution in [0.15, 0.2) is 29.3 Å². The Balaban J connectivity index is 2.26. The van der Waals surface area contributed by atoms with E-state index < -0.39 is 5.97 Å². The number of nitrogens with zero attached hydrogens (tertiary/aromatic N) is 2. The molecular weight excluding hydrogens is 324 g/mol. The van der Waals surface area contributed by atoms with Crippen molar-refractivity contribution in [3.63, 3.8) is 0 Å². The summed E-state index contributed by atoms with van der Waals surface area (Å²) < 4.78 is 5.94. The number of ether oxygens (including phenoxy) is 1. The molecule has 24 heavy (non-hydrogen) atoms. The van der Waals surface area contributed by atoms with Crippen LogP contribution >= 0.6 is 11.3 Å². The van der Waals surface area contributed by atoms with Gasteiger partial charge in [-0.15, -0.1) is 11.3 Å². The Labute approximate surface area is 143 Å². The van der Waals surface area contributed by atoms with Gasteiger partial charge in [0.25, 0.3) is 5.56 Å². The zero-order chi connectivity index (χ0) is 17.4. The Hall–Kier alpha value is -2.47. The van der Waals surface area contributed by atoms with Crippen LogP contribution in [0.25, 0.3) is 21.3 Å². The van der Waals surface area contributed by atoms with Crippen molar-refractivity contribution < 1.29 is 9.53 Å². The van der Waals surface area contributed by atoms with Crippen LogP contribution in [0.2, 0.25) is 0 Å². The molecule has 0 amide bonds. The van der Waals surface area contributed by atoms with E-state index in [1.807, 2.05) is 13.0 Å². The molecule has 0 fully saturated rings. The van der Waals surface area contributed by atoms with Gasteiger partial charge in [0, 0.05) is 10.4 Å². The van der Waals surface area contributed by atoms with Crippen LogP contribution in [0, 0.1) is 20.8 Å². The van der Waals surface area contributed by atoms with Crippen LogP contribution in [-0.4, -0.2) is 22.6 Å². The van der Waals surface area contributed by atoms with Gasteiger partial charge in [-0.05, 0) is 37.5 Å². The summed E-state index contributed by atoms with van der Waals surface area (Å²) in [5.74, 6) is -0.474. The fourth-order valence-corrected chi connectivity index (χ4v) is 3.70. The van der Waals surface area contributed by atoms with Gasteiger partial charge in [-0.3, -0.25) is 14.2 Å². The normalized spacial score (nSPS) is 11.0. The molecule has 0 aliphatic rings. The van der Waals surface area contributed by atoms with E-state index in [0.717, 1.165) is 16.0 Å². The maximum Gasteiger partial charge on any atom is 0.325 e. The van der Waals surface area contributed by atoms with Gasteiger partial charge < -0.3 is 4.74 Å². The van der Waals surface area contributed by atoms with E-state index in [1.54, 1.807) is 0 Å². The number of hydrogen-bond donors (Lipinski definition) is 0. The van der Waals surface area contributed by atoms with E-state index in [0.29, 0.717) is 10.2 Å². The average Bonchev–Trinajstić information content (AvgIpc) is 2.89. The highest BCUT2D eigenvalue weighted by Gasteiger charge is 2.18. The third-order valence-electron chi connectivity index (χ3n) is 4.18. The fourth-order valence-electron chi connectivity index (χ4n) is 2.70. The van der Waals surface area contributed by atoms with Crippen molar-refractivity contribution in [2.75, 3.05) is 7.11 Å². The molecule has 0 radical (unpaired) electrons. The van der Waals surface area contributed by atoms with Crippen molar-refractivity contribution in [1.29, 1.82) is 0 Å². The van der Waals surface area contributed by atoms with Crippen LogP contribution in [0.3, 0.4) is 0 Å². The number of thiophene rings is 1. The lowest BCUT2D eigenvalue weighted by Crippen LogP contribution is -2.25. The molecule has 0 saturated carbocycles. The number of carbonyl (C=O) groups is 1. The maximum atomic E-state index is 12.9. The summed E-state index contributed by atoms with van der Waals surface area (Å²) in [5, 5.41) is 0.562. The minimum atomic E-state index is -0.474. The van der Waals surface area contributed by atoms with Gasteiger partial charge >= 0.3 is 5.97 Å². The molecule has 3 rings (SSSR count). The second-order valence-corrected chi connectivity index (χ2v) is 6.97. The summed E-state index contributed by atoms with van der Waals surface area (Å²) >= 11 is 1.49. The fraction of sp³-hybridized carbons (Fsp3) is 0.278. The van der Waals surface area contributed by atoms with Crippen LogP contribution in [0.5, 0.6) is 0 Å². The second-order valence-electron chi connectivity index (χ2n) is 5.77. The summed E-state index contributed by atoms with van der Waals surface area (Å²) in [6.45, 7) is 5.96. The predicted molar refractivity (Wildman–Crippen MR) is 95.5 cm³/mol. The minimum absolute atomic E-state index is 0.139. The van der Waals surface area contributed by atoms with E-state index in [-0.39, 0.29) is 12.1 Å². The molecule has 124 valence electrons. The van der Waals surface area contributed by atoms with Crippen molar-refractivity contribution in [2.24, 2.45) is 0 Å². The first-order valence-electron chi connectivity index (χ1n) is 7.55. The van der Waals surface area contributed by atoms with Crippen molar-refractivity contribution in [2.45, 2.75) is 27.3 Å². The van der Waals surface area contributed by atoms with Crippen LogP contribution in [0.1, 0.15) is 16.0 Å². The van der Waals surface area contributed by atoms with Gasteiger partial charge in [0.1, 0.15) is 11.4 Å². The van der Waals surface area contributed by atoms with Crippen LogP contribution in [0.4, 0.5) is 0 Å². The molecule has 0 N–H and O–H groups in total. The number of aromatic nitrogens is 2. The summed E-state index contributed by atoms with van der Waals surface area (Å²) in [6.07, 6.45) is 1.40. The second kappa shape index (κ2) is 6.20. The monoisotopic (exact) mass is 342 g/mol. The first-order chi connectivity index (χ1) is 11.4. The summed E-state index contributed by atoms with van der Waals surface area (Å²) in [5.41, 5.74) is 4.05. The largest absolute Gasteiger partial charge is 0.468 e. The zero-order valence-corrected chi connectivity index (χ0v) is 14.9. The minimum Gasteiger partial charge on any atom is -0.468 e. The predicted octanol–water partition coefficient (Wildman–Crippen LogP) is 3.22. The Bertz CT molecular complexity index is 1000. The van der Waals surface area contributed by atoms with E-state index in [4.69, 9.17) is 0 Å². The van der Waals surface area contributed by atoms with Gasteiger partial charge in [0.05, 0.1) is 18.8 Å². The summed E-state index contributed by atoms with van der Waals surface area (Å²) in [7, 11) is 1.30. The molecule has 0 aliphatic carbocycles. The summed E-state index contributed by atoms with van der Waals surface area (Å²) in [6, 6.07) is 6.16. The van der Waals surface area contributed by atoms with Crippen molar-refractivity contribution in [3.8, 4) is 11.1 Å². The molecule has 0 unspecified atom stereocenters. The molecule has 0 aliphatic heterocycles. The third kappa shape index (κ3) is 2.73. The van der Waals surface area contributed by atoms with Gasteiger partial charge in [0.2, 0.25) is 0 Å². The number of methoxy groups -OCH3 is 1. The van der Waals surface area contributed by atoms with Crippen molar-refractivity contribution in [1.82, 2.24) is 9.55 Å². The molecule has 0 atom stereocenters. The number of carbonyl (C=O) groups excluding carboxylic acids is 1. The maximum absolute atomic E-state index is 12.9. The quantitative estimate of drug-likeness (QED) is 0.686. The summed E-state index contributed by atoms with van der Waals surface area (Å²) in [4.78, 5) is 30.4. The Morgan fingerprint density at radius 3 is 2.67 bits per heavy atom. The van der Waals surface area contributed by atoms with E-state index >= 15 is 0 Å². The highest BCUT2D eigenvalue weighted by Crippen LogP contribution is 2.36. The number of benzene rings is 1. The molecule has 3 aromatic rings. The third-order valence-corrected chi connectivity index (χ3v) is 5.19. The van der Waals surface area contributed by atoms with Gasteiger partial charge in [-0.25, -0.2) is 4.98 Å². The number of rotatable bonds is 3. The van der Waals surface area contributed by atoms with Crippen molar-refractivity contribution in [3.05, 3.63) is 50.9 Å². The molecule has 1 aromatic carbocycles. The molecular formula is C18H18N2O3S. The molecule has 0 saturated heterocycles. The molecule has 5 nitrogen and oxygen atoms in total. The number of esters is 1. The molecule has 6 heteroatoms. The topological polar surface area (TPSA) is 61.2 Å². The average molecular weight is 342 g/mol. The molecule has 0 bridgehead atoms. The molecule has 2 aromatic heterocycles. The van der Waals surface area contributed by atoms with E-state index in [2.05, 4.69) is 35.7 Å². The molecule has 0 spiro atoms. The highest BCUT2D eigenvalue weighted by molar-refractivity contribution is 7.19. The highest BCUT2D eigenvalue weighted by atomic mass is 32.1. The lowest BCUT2D eigenvalue weighted by Gasteiger charge is -2.07. The first-order valence-corrected chi connectivity index (χ1v) is 8.37. The van der Waals surface area contributed by atoms with Crippen LogP contribution < -0.4 is 5.56 Å².